The van der Waals surface area contributed by atoms with Crippen molar-refractivity contribution in [1.82, 2.24) is 0 Å². The quantitative estimate of drug-likeness (QED) is 0.491. The molecule has 0 saturated heterocycles. The molecule has 0 radical (unpaired) electrons. The molecule has 1 unspecified atom stereocenters. The first-order chi connectivity index (χ1) is 4.01. The lowest BCUT2D eigenvalue weighted by Gasteiger charge is -1.95. The summed E-state index contributed by atoms with van der Waals surface area (Å²) in [5.41, 5.74) is 0.509. The molecule has 0 aliphatic carbocycles. The van der Waals surface area contributed by atoms with E-state index in [9.17, 15) is 8.42 Å². The lowest BCUT2D eigenvalue weighted by atomic mass is 10.3. The minimum atomic E-state index is -3.56. The molecule has 0 bridgehead atoms. The molecule has 1 aliphatic rings. The average molecular weight is 149 g/mol. The Balaban J connectivity index is 3.01. The van der Waals surface area contributed by atoms with Crippen LogP contribution < -0.4 is 0 Å². The Morgan fingerprint density at radius 2 is 2.22 bits per heavy atom. The zero-order valence-corrected chi connectivity index (χ0v) is 5.97. The fourth-order valence-electron chi connectivity index (χ4n) is 0.524. The third-order valence-electron chi connectivity index (χ3n) is 1.11. The van der Waals surface area contributed by atoms with Crippen molar-refractivity contribution < 1.29 is 12.6 Å². The standard InChI is InChI=1S/C4H7NO3S/c1-3-4(2)8-9(6,7)5-3/h4H,1-2H3. The van der Waals surface area contributed by atoms with Crippen LogP contribution >= 0.6 is 0 Å². The van der Waals surface area contributed by atoms with Crippen LogP contribution in [-0.2, 0) is 14.5 Å². The third-order valence-corrected chi connectivity index (χ3v) is 2.15. The first kappa shape index (κ1) is 6.70. The predicted octanol–water partition coefficient (Wildman–Crippen LogP) is 0.111. The predicted molar refractivity (Wildman–Crippen MR) is 32.6 cm³/mol. The normalized spacial score (nSPS) is 32.2. The Bertz CT molecular complexity index is 241. The summed E-state index contributed by atoms with van der Waals surface area (Å²) in [7, 11) is -3.56. The van der Waals surface area contributed by atoms with E-state index >= 15 is 0 Å². The van der Waals surface area contributed by atoms with E-state index in [1.54, 1.807) is 13.8 Å². The molecule has 1 heterocycles. The van der Waals surface area contributed by atoms with E-state index < -0.39 is 10.3 Å². The smallest absolute Gasteiger partial charge is 0.243 e. The highest BCUT2D eigenvalue weighted by Crippen LogP contribution is 2.11. The van der Waals surface area contributed by atoms with Gasteiger partial charge in [0.25, 0.3) is 0 Å². The van der Waals surface area contributed by atoms with Crippen molar-refractivity contribution in [3.05, 3.63) is 0 Å². The van der Waals surface area contributed by atoms with Gasteiger partial charge in [0.1, 0.15) is 6.10 Å². The lowest BCUT2D eigenvalue weighted by molar-refractivity contribution is 0.303. The first-order valence-electron chi connectivity index (χ1n) is 2.51. The van der Waals surface area contributed by atoms with Crippen molar-refractivity contribution >= 4 is 16.0 Å². The maximum atomic E-state index is 10.4. The Morgan fingerprint density at radius 3 is 2.33 bits per heavy atom. The Labute approximate surface area is 53.8 Å². The largest absolute Gasteiger partial charge is 0.381 e. The van der Waals surface area contributed by atoms with Crippen LogP contribution in [0.3, 0.4) is 0 Å². The third kappa shape index (κ3) is 1.28. The van der Waals surface area contributed by atoms with Gasteiger partial charge >= 0.3 is 10.3 Å². The van der Waals surface area contributed by atoms with Gasteiger partial charge in [-0.15, -0.1) is 4.40 Å². The van der Waals surface area contributed by atoms with Gasteiger partial charge in [0.15, 0.2) is 0 Å². The number of hydrogen-bond donors (Lipinski definition) is 0. The van der Waals surface area contributed by atoms with Gasteiger partial charge in [-0.25, -0.2) is 4.18 Å². The van der Waals surface area contributed by atoms with Crippen molar-refractivity contribution in [2.75, 3.05) is 0 Å². The van der Waals surface area contributed by atoms with E-state index in [0.29, 0.717) is 5.71 Å². The van der Waals surface area contributed by atoms with Crippen LogP contribution in [-0.4, -0.2) is 20.2 Å². The van der Waals surface area contributed by atoms with Crippen LogP contribution in [0.15, 0.2) is 4.40 Å². The summed E-state index contributed by atoms with van der Waals surface area (Å²) >= 11 is 0. The van der Waals surface area contributed by atoms with Crippen LogP contribution in [0.4, 0.5) is 0 Å². The Kier molecular flexibility index (Phi) is 1.32. The van der Waals surface area contributed by atoms with Gasteiger partial charge in [0, 0.05) is 0 Å². The Hall–Kier alpha value is -0.420. The van der Waals surface area contributed by atoms with Crippen LogP contribution in [0.1, 0.15) is 13.8 Å². The van der Waals surface area contributed by atoms with E-state index in [1.165, 1.54) is 0 Å². The summed E-state index contributed by atoms with van der Waals surface area (Å²) < 4.78 is 28.6. The minimum Gasteiger partial charge on any atom is -0.243 e. The van der Waals surface area contributed by atoms with Gasteiger partial charge in [-0.05, 0) is 13.8 Å². The number of hydrogen-bond acceptors (Lipinski definition) is 3. The zero-order valence-electron chi connectivity index (χ0n) is 5.16. The molecule has 0 aromatic carbocycles. The summed E-state index contributed by atoms with van der Waals surface area (Å²) in [4.78, 5) is 0. The molecule has 9 heavy (non-hydrogen) atoms. The van der Waals surface area contributed by atoms with Gasteiger partial charge in [-0.1, -0.05) is 0 Å². The molecule has 4 nitrogen and oxygen atoms in total. The molecule has 0 spiro atoms. The second kappa shape index (κ2) is 1.78. The number of rotatable bonds is 0. The highest BCUT2D eigenvalue weighted by molar-refractivity contribution is 7.85. The summed E-state index contributed by atoms with van der Waals surface area (Å²) in [5.74, 6) is 0. The van der Waals surface area contributed by atoms with Crippen LogP contribution in [0.25, 0.3) is 0 Å². The first-order valence-corrected chi connectivity index (χ1v) is 3.87. The molecule has 0 fully saturated rings. The van der Waals surface area contributed by atoms with E-state index in [-0.39, 0.29) is 6.10 Å². The van der Waals surface area contributed by atoms with Crippen molar-refractivity contribution in [3.63, 3.8) is 0 Å². The maximum absolute atomic E-state index is 10.4. The molecule has 1 atom stereocenters. The topological polar surface area (TPSA) is 55.7 Å². The number of nitrogens with zero attached hydrogens (tertiary/aromatic N) is 1. The lowest BCUT2D eigenvalue weighted by Crippen LogP contribution is -2.10. The summed E-state index contributed by atoms with van der Waals surface area (Å²) in [6, 6.07) is 0. The second-order valence-electron chi connectivity index (χ2n) is 1.90. The molecule has 0 N–H and O–H groups in total. The van der Waals surface area contributed by atoms with E-state index in [4.69, 9.17) is 0 Å². The van der Waals surface area contributed by atoms with Crippen molar-refractivity contribution in [2.45, 2.75) is 20.0 Å². The van der Waals surface area contributed by atoms with Gasteiger partial charge in [-0.3, -0.25) is 0 Å². The zero-order chi connectivity index (χ0) is 7.07. The molecule has 52 valence electrons. The fourth-order valence-corrected chi connectivity index (χ4v) is 1.57. The van der Waals surface area contributed by atoms with Crippen molar-refractivity contribution in [3.8, 4) is 0 Å². The highest BCUT2D eigenvalue weighted by Gasteiger charge is 2.24. The second-order valence-corrected chi connectivity index (χ2v) is 3.13. The van der Waals surface area contributed by atoms with Crippen molar-refractivity contribution in [2.24, 2.45) is 4.40 Å². The summed E-state index contributed by atoms with van der Waals surface area (Å²) in [5, 5.41) is 0. The molecule has 0 aromatic heterocycles. The summed E-state index contributed by atoms with van der Waals surface area (Å²) in [6.45, 7) is 3.26. The van der Waals surface area contributed by atoms with Gasteiger partial charge in [-0.2, -0.15) is 8.42 Å². The molecule has 0 aromatic rings. The monoisotopic (exact) mass is 149 g/mol. The van der Waals surface area contributed by atoms with E-state index in [0.717, 1.165) is 0 Å². The van der Waals surface area contributed by atoms with Gasteiger partial charge in [0.2, 0.25) is 0 Å². The minimum absolute atomic E-state index is 0.380. The average Bonchev–Trinajstić information content (AvgIpc) is 1.79. The van der Waals surface area contributed by atoms with Crippen LogP contribution in [0.5, 0.6) is 0 Å². The van der Waals surface area contributed by atoms with E-state index in [1.807, 2.05) is 0 Å². The van der Waals surface area contributed by atoms with Crippen LogP contribution in [0.2, 0.25) is 0 Å². The molecular weight excluding hydrogens is 142 g/mol. The molecule has 5 heteroatoms. The molecule has 0 amide bonds. The SMILES string of the molecule is CC1=NS(=O)(=O)OC1C. The fraction of sp³-hybridized carbons (Fsp3) is 0.750. The maximum Gasteiger partial charge on any atom is 0.381 e. The van der Waals surface area contributed by atoms with E-state index in [2.05, 4.69) is 8.58 Å². The van der Waals surface area contributed by atoms with Gasteiger partial charge in [0.05, 0.1) is 5.71 Å². The van der Waals surface area contributed by atoms with Gasteiger partial charge < -0.3 is 0 Å². The van der Waals surface area contributed by atoms with Crippen molar-refractivity contribution in [1.29, 1.82) is 0 Å². The Morgan fingerprint density at radius 1 is 1.67 bits per heavy atom. The summed E-state index contributed by atoms with van der Waals surface area (Å²) in [6.07, 6.45) is -0.380. The van der Waals surface area contributed by atoms with Crippen LogP contribution in [0, 0.1) is 0 Å². The molecular formula is C4H7NO3S. The molecule has 1 rings (SSSR count). The molecule has 0 saturated carbocycles. The molecule has 1 aliphatic heterocycles. The highest BCUT2D eigenvalue weighted by atomic mass is 32.2.